The molecule has 3 nitrogen and oxygen atoms in total. The molecule has 2 rings (SSSR count). The summed E-state index contributed by atoms with van der Waals surface area (Å²) in [5, 5.41) is 0. The fourth-order valence-electron chi connectivity index (χ4n) is 1.34. The minimum Gasteiger partial charge on any atom is -0.460 e. The predicted molar refractivity (Wildman–Crippen MR) is 59.9 cm³/mol. The van der Waals surface area contributed by atoms with Gasteiger partial charge < -0.3 is 4.42 Å². The normalized spacial score (nSPS) is 12.3. The second-order valence-electron chi connectivity index (χ2n) is 3.35. The van der Waals surface area contributed by atoms with Crippen LogP contribution < -0.4 is 0 Å². The molecule has 82 valence electrons. The van der Waals surface area contributed by atoms with Gasteiger partial charge in [-0.05, 0) is 25.1 Å². The molecule has 2 aromatic rings. The Morgan fingerprint density at radius 1 is 1.19 bits per heavy atom. The van der Waals surface area contributed by atoms with Gasteiger partial charge in [0.1, 0.15) is 0 Å². The summed E-state index contributed by atoms with van der Waals surface area (Å²) in [7, 11) is -1.36. The molecule has 4 heteroatoms. The van der Waals surface area contributed by atoms with Crippen molar-refractivity contribution in [3.63, 3.8) is 0 Å². The van der Waals surface area contributed by atoms with Gasteiger partial charge in [0, 0.05) is 4.90 Å². The van der Waals surface area contributed by atoms with Crippen molar-refractivity contribution in [2.24, 2.45) is 0 Å². The number of benzene rings is 1. The number of carbonyl (C=O) groups excluding carboxylic acids is 1. The van der Waals surface area contributed by atoms with Crippen molar-refractivity contribution in [2.75, 3.05) is 0 Å². The Balaban J connectivity index is 2.39. The van der Waals surface area contributed by atoms with E-state index in [-0.39, 0.29) is 5.76 Å². The largest absolute Gasteiger partial charge is 0.460 e. The maximum absolute atomic E-state index is 12.1. The van der Waals surface area contributed by atoms with Crippen molar-refractivity contribution >= 4 is 17.1 Å². The lowest BCUT2D eigenvalue weighted by Gasteiger charge is -2.00. The molecular weight excluding hydrogens is 224 g/mol. The second kappa shape index (κ2) is 4.45. The molecule has 0 fully saturated rings. The Morgan fingerprint density at radius 2 is 1.88 bits per heavy atom. The van der Waals surface area contributed by atoms with Crippen LogP contribution in [-0.2, 0) is 10.8 Å². The van der Waals surface area contributed by atoms with E-state index in [1.54, 1.807) is 18.2 Å². The summed E-state index contributed by atoms with van der Waals surface area (Å²) in [6.07, 6.45) is 1.94. The van der Waals surface area contributed by atoms with E-state index < -0.39 is 10.8 Å². The van der Waals surface area contributed by atoms with Gasteiger partial charge in [-0.1, -0.05) is 17.7 Å². The maximum atomic E-state index is 12.1. The molecule has 0 spiro atoms. The average Bonchev–Trinajstić information content (AvgIpc) is 2.77. The van der Waals surface area contributed by atoms with Gasteiger partial charge in [0.05, 0.1) is 22.0 Å². The Bertz CT molecular complexity index is 525. The SMILES string of the molecule is Cc1ccc(S(=O)c2ccoc2C=O)cc1. The first-order valence-corrected chi connectivity index (χ1v) is 5.88. The molecule has 0 amide bonds. The van der Waals surface area contributed by atoms with Gasteiger partial charge in [-0.3, -0.25) is 4.79 Å². The first-order chi connectivity index (χ1) is 7.72. The summed E-state index contributed by atoms with van der Waals surface area (Å²) in [6, 6.07) is 8.89. The Kier molecular flexibility index (Phi) is 3.01. The Hall–Kier alpha value is -1.68. The Labute approximate surface area is 95.5 Å². The molecular formula is C12H10O3S. The highest BCUT2D eigenvalue weighted by molar-refractivity contribution is 7.85. The van der Waals surface area contributed by atoms with Crippen LogP contribution >= 0.6 is 0 Å². The molecule has 1 aromatic heterocycles. The van der Waals surface area contributed by atoms with Crippen molar-refractivity contribution in [1.29, 1.82) is 0 Å². The molecule has 0 bridgehead atoms. The fraction of sp³-hybridized carbons (Fsp3) is 0.0833. The van der Waals surface area contributed by atoms with E-state index in [2.05, 4.69) is 0 Å². The maximum Gasteiger partial charge on any atom is 0.186 e. The average molecular weight is 234 g/mol. The van der Waals surface area contributed by atoms with Gasteiger partial charge in [-0.15, -0.1) is 0 Å². The Morgan fingerprint density at radius 3 is 2.50 bits per heavy atom. The summed E-state index contributed by atoms with van der Waals surface area (Å²) in [5.41, 5.74) is 1.10. The lowest BCUT2D eigenvalue weighted by molar-refractivity contribution is 0.109. The highest BCUT2D eigenvalue weighted by Crippen LogP contribution is 2.20. The van der Waals surface area contributed by atoms with E-state index in [1.165, 1.54) is 6.26 Å². The van der Waals surface area contributed by atoms with E-state index in [4.69, 9.17) is 4.42 Å². The monoisotopic (exact) mass is 234 g/mol. The van der Waals surface area contributed by atoms with E-state index in [0.29, 0.717) is 16.1 Å². The van der Waals surface area contributed by atoms with Crippen LogP contribution in [0.4, 0.5) is 0 Å². The summed E-state index contributed by atoms with van der Waals surface area (Å²) in [5.74, 6) is 0.124. The van der Waals surface area contributed by atoms with Crippen molar-refractivity contribution in [3.8, 4) is 0 Å². The van der Waals surface area contributed by atoms with Crippen molar-refractivity contribution < 1.29 is 13.4 Å². The number of aldehydes is 1. The highest BCUT2D eigenvalue weighted by Gasteiger charge is 2.14. The summed E-state index contributed by atoms with van der Waals surface area (Å²) in [6.45, 7) is 1.96. The van der Waals surface area contributed by atoms with Crippen LogP contribution in [0, 0.1) is 6.92 Å². The number of hydrogen-bond donors (Lipinski definition) is 0. The van der Waals surface area contributed by atoms with Crippen LogP contribution in [0.3, 0.4) is 0 Å². The molecule has 0 radical (unpaired) electrons. The smallest absolute Gasteiger partial charge is 0.186 e. The lowest BCUT2D eigenvalue weighted by atomic mass is 10.2. The molecule has 1 atom stereocenters. The van der Waals surface area contributed by atoms with E-state index in [9.17, 15) is 9.00 Å². The molecule has 16 heavy (non-hydrogen) atoms. The van der Waals surface area contributed by atoms with Crippen LogP contribution in [0.1, 0.15) is 16.1 Å². The highest BCUT2D eigenvalue weighted by atomic mass is 32.2. The number of furan rings is 1. The first-order valence-electron chi connectivity index (χ1n) is 4.73. The van der Waals surface area contributed by atoms with Crippen LogP contribution in [0.25, 0.3) is 0 Å². The number of rotatable bonds is 3. The quantitative estimate of drug-likeness (QED) is 0.767. The van der Waals surface area contributed by atoms with Crippen LogP contribution in [0.2, 0.25) is 0 Å². The topological polar surface area (TPSA) is 47.3 Å². The second-order valence-corrected chi connectivity index (χ2v) is 4.80. The lowest BCUT2D eigenvalue weighted by Crippen LogP contribution is -1.94. The zero-order chi connectivity index (χ0) is 11.5. The minimum absolute atomic E-state index is 0.124. The number of aryl methyl sites for hydroxylation is 1. The molecule has 1 heterocycles. The third-order valence-corrected chi connectivity index (χ3v) is 3.64. The van der Waals surface area contributed by atoms with Gasteiger partial charge in [0.25, 0.3) is 0 Å². The molecule has 0 aliphatic rings. The van der Waals surface area contributed by atoms with Gasteiger partial charge in [-0.25, -0.2) is 4.21 Å². The molecule has 0 saturated carbocycles. The zero-order valence-electron chi connectivity index (χ0n) is 8.67. The van der Waals surface area contributed by atoms with Crippen LogP contribution in [-0.4, -0.2) is 10.5 Å². The third kappa shape index (κ3) is 1.97. The van der Waals surface area contributed by atoms with E-state index in [0.717, 1.165) is 5.56 Å². The summed E-state index contributed by atoms with van der Waals surface area (Å²) in [4.78, 5) is 11.7. The number of hydrogen-bond acceptors (Lipinski definition) is 3. The molecule has 0 aliphatic heterocycles. The van der Waals surface area contributed by atoms with Gasteiger partial charge in [0.2, 0.25) is 0 Å². The molecule has 1 unspecified atom stereocenters. The van der Waals surface area contributed by atoms with E-state index >= 15 is 0 Å². The molecule has 0 aliphatic carbocycles. The fourth-order valence-corrected chi connectivity index (χ4v) is 2.43. The summed E-state index contributed by atoms with van der Waals surface area (Å²) >= 11 is 0. The first kappa shape index (κ1) is 10.8. The van der Waals surface area contributed by atoms with Crippen LogP contribution in [0.15, 0.2) is 50.8 Å². The van der Waals surface area contributed by atoms with Gasteiger partial charge in [0.15, 0.2) is 12.0 Å². The van der Waals surface area contributed by atoms with Gasteiger partial charge >= 0.3 is 0 Å². The predicted octanol–water partition coefficient (Wildman–Crippen LogP) is 2.57. The standard InChI is InChI=1S/C12H10O3S/c1-9-2-4-10(5-3-9)16(14)12-6-7-15-11(12)8-13/h2-8H,1H3. The zero-order valence-corrected chi connectivity index (χ0v) is 9.49. The number of carbonyl (C=O) groups is 1. The summed E-state index contributed by atoms with van der Waals surface area (Å²) < 4.78 is 17.0. The molecule has 0 saturated heterocycles. The van der Waals surface area contributed by atoms with Crippen molar-refractivity contribution in [3.05, 3.63) is 47.9 Å². The molecule has 0 N–H and O–H groups in total. The van der Waals surface area contributed by atoms with E-state index in [1.807, 2.05) is 19.1 Å². The van der Waals surface area contributed by atoms with Gasteiger partial charge in [-0.2, -0.15) is 0 Å². The minimum atomic E-state index is -1.36. The van der Waals surface area contributed by atoms with Crippen molar-refractivity contribution in [1.82, 2.24) is 0 Å². The van der Waals surface area contributed by atoms with Crippen molar-refractivity contribution in [2.45, 2.75) is 16.7 Å². The molecule has 1 aromatic carbocycles. The third-order valence-electron chi connectivity index (χ3n) is 2.20. The van der Waals surface area contributed by atoms with Crippen LogP contribution in [0.5, 0.6) is 0 Å².